The Balaban J connectivity index is 4.07. The van der Waals surface area contributed by atoms with Gasteiger partial charge in [-0.1, -0.05) is 164 Å². The topological polar surface area (TPSA) is 108 Å². The molecule has 0 spiro atoms. The number of esters is 2. The Morgan fingerprint density at radius 2 is 0.911 bits per heavy atom. The van der Waals surface area contributed by atoms with Crippen LogP contribution in [-0.4, -0.2) is 42.8 Å². The molecule has 324 valence electrons. The standard InChI is InChI=1S/C47H83O8P/c1-4-7-9-11-13-15-17-19-21-23-24-26-27-29-31-33-35-37-39-41-46(48)52-43-45(44-54-56(50,51)53-6-3)55-47(49)42-40-38-36-34-32-30-28-25-22-20-18-16-14-12-10-8-5-2/h8,10,13-16,19-22,45H,4-7,9,11-12,17-18,23-44H2,1-3H3,(H,50,51)/b10-8-,15-13-,16-14-,21-19-,22-20-. The van der Waals surface area contributed by atoms with E-state index in [2.05, 4.69) is 74.6 Å². The molecular weight excluding hydrogens is 723 g/mol. The van der Waals surface area contributed by atoms with Gasteiger partial charge in [0.05, 0.1) is 13.2 Å². The van der Waals surface area contributed by atoms with Crippen LogP contribution >= 0.6 is 7.82 Å². The first-order chi connectivity index (χ1) is 27.3. The largest absolute Gasteiger partial charge is 0.472 e. The average molecular weight is 807 g/mol. The van der Waals surface area contributed by atoms with Crippen molar-refractivity contribution < 1.29 is 37.6 Å². The predicted octanol–water partition coefficient (Wildman–Crippen LogP) is 14.3. The monoisotopic (exact) mass is 807 g/mol. The van der Waals surface area contributed by atoms with E-state index in [4.69, 9.17) is 18.5 Å². The molecule has 0 aromatic rings. The fraction of sp³-hybridized carbons (Fsp3) is 0.745. The van der Waals surface area contributed by atoms with Crippen LogP contribution in [0, 0.1) is 0 Å². The molecule has 2 unspecified atom stereocenters. The highest BCUT2D eigenvalue weighted by atomic mass is 31.2. The van der Waals surface area contributed by atoms with Crippen molar-refractivity contribution in [3.8, 4) is 0 Å². The lowest BCUT2D eigenvalue weighted by Crippen LogP contribution is -2.29. The first-order valence-corrected chi connectivity index (χ1v) is 24.1. The molecule has 0 bridgehead atoms. The molecule has 1 N–H and O–H groups in total. The number of hydrogen-bond donors (Lipinski definition) is 1. The molecule has 56 heavy (non-hydrogen) atoms. The van der Waals surface area contributed by atoms with Gasteiger partial charge in [0.15, 0.2) is 6.10 Å². The quantitative estimate of drug-likeness (QED) is 0.0282. The van der Waals surface area contributed by atoms with Crippen molar-refractivity contribution in [2.75, 3.05) is 19.8 Å². The van der Waals surface area contributed by atoms with Gasteiger partial charge in [0, 0.05) is 12.8 Å². The van der Waals surface area contributed by atoms with E-state index in [1.54, 1.807) is 6.92 Å². The highest BCUT2D eigenvalue weighted by Gasteiger charge is 2.25. The Morgan fingerprint density at radius 3 is 1.38 bits per heavy atom. The molecule has 0 fully saturated rings. The molecule has 0 saturated carbocycles. The molecule has 0 amide bonds. The Labute approximate surface area is 343 Å². The van der Waals surface area contributed by atoms with Crippen molar-refractivity contribution in [1.82, 2.24) is 0 Å². The van der Waals surface area contributed by atoms with Crippen molar-refractivity contribution in [3.05, 3.63) is 60.8 Å². The van der Waals surface area contributed by atoms with E-state index in [-0.39, 0.29) is 32.0 Å². The van der Waals surface area contributed by atoms with Crippen LogP contribution in [0.2, 0.25) is 0 Å². The summed E-state index contributed by atoms with van der Waals surface area (Å²) >= 11 is 0. The summed E-state index contributed by atoms with van der Waals surface area (Å²) in [5.74, 6) is -0.814. The fourth-order valence-electron chi connectivity index (χ4n) is 6.03. The molecule has 9 heteroatoms. The number of carbonyl (C=O) groups excluding carboxylic acids is 2. The van der Waals surface area contributed by atoms with E-state index in [0.29, 0.717) is 6.42 Å². The van der Waals surface area contributed by atoms with E-state index in [1.165, 1.54) is 89.9 Å². The van der Waals surface area contributed by atoms with Gasteiger partial charge in [-0.15, -0.1) is 0 Å². The van der Waals surface area contributed by atoms with Crippen molar-refractivity contribution >= 4 is 19.8 Å². The fourth-order valence-corrected chi connectivity index (χ4v) is 6.78. The molecule has 0 heterocycles. The molecule has 2 atom stereocenters. The van der Waals surface area contributed by atoms with Gasteiger partial charge in [0.2, 0.25) is 0 Å². The second-order valence-corrected chi connectivity index (χ2v) is 16.1. The predicted molar refractivity (Wildman–Crippen MR) is 235 cm³/mol. The average Bonchev–Trinajstić information content (AvgIpc) is 3.18. The summed E-state index contributed by atoms with van der Waals surface area (Å²) in [6.45, 7) is 5.33. The van der Waals surface area contributed by atoms with Crippen molar-refractivity contribution in [1.29, 1.82) is 0 Å². The Hall–Kier alpha value is -2.25. The molecule has 0 radical (unpaired) electrons. The number of allylic oxidation sites excluding steroid dienone is 10. The van der Waals surface area contributed by atoms with Gasteiger partial charge in [-0.3, -0.25) is 18.6 Å². The lowest BCUT2D eigenvalue weighted by atomic mass is 10.1. The minimum Gasteiger partial charge on any atom is -0.462 e. The second-order valence-electron chi connectivity index (χ2n) is 14.7. The highest BCUT2D eigenvalue weighted by Crippen LogP contribution is 2.43. The Morgan fingerprint density at radius 1 is 0.500 bits per heavy atom. The Kier molecular flexibility index (Phi) is 40.7. The molecule has 8 nitrogen and oxygen atoms in total. The first kappa shape index (κ1) is 53.8. The highest BCUT2D eigenvalue weighted by molar-refractivity contribution is 7.47. The molecule has 0 rings (SSSR count). The molecule has 0 aliphatic carbocycles. The van der Waals surface area contributed by atoms with Crippen LogP contribution in [0.15, 0.2) is 60.8 Å². The third kappa shape index (κ3) is 41.4. The second kappa shape index (κ2) is 42.4. The summed E-state index contributed by atoms with van der Waals surface area (Å²) in [6.07, 6.45) is 51.3. The maximum absolute atomic E-state index is 12.6. The van der Waals surface area contributed by atoms with Gasteiger partial charge in [-0.05, 0) is 84.0 Å². The molecule has 0 aliphatic heterocycles. The zero-order valence-corrected chi connectivity index (χ0v) is 36.9. The van der Waals surface area contributed by atoms with Gasteiger partial charge in [-0.2, -0.15) is 0 Å². The molecule has 0 saturated heterocycles. The Bertz CT molecular complexity index is 1100. The minimum atomic E-state index is -4.29. The zero-order chi connectivity index (χ0) is 41.1. The summed E-state index contributed by atoms with van der Waals surface area (Å²) in [4.78, 5) is 34.8. The third-order valence-electron chi connectivity index (χ3n) is 9.31. The van der Waals surface area contributed by atoms with Crippen LogP contribution in [0.1, 0.15) is 201 Å². The zero-order valence-electron chi connectivity index (χ0n) is 36.0. The number of ether oxygens (including phenoxy) is 2. The van der Waals surface area contributed by atoms with E-state index < -0.39 is 26.5 Å². The lowest BCUT2D eigenvalue weighted by Gasteiger charge is -2.19. The van der Waals surface area contributed by atoms with E-state index in [0.717, 1.165) is 70.6 Å². The van der Waals surface area contributed by atoms with Gasteiger partial charge in [-0.25, -0.2) is 4.57 Å². The van der Waals surface area contributed by atoms with E-state index in [9.17, 15) is 19.0 Å². The summed E-state index contributed by atoms with van der Waals surface area (Å²) < 4.78 is 32.7. The summed E-state index contributed by atoms with van der Waals surface area (Å²) in [5.41, 5.74) is 0. The van der Waals surface area contributed by atoms with Gasteiger partial charge < -0.3 is 14.4 Å². The minimum absolute atomic E-state index is 0.00468. The van der Waals surface area contributed by atoms with Crippen molar-refractivity contribution in [2.24, 2.45) is 0 Å². The van der Waals surface area contributed by atoms with Gasteiger partial charge in [0.1, 0.15) is 6.61 Å². The number of rotatable bonds is 41. The van der Waals surface area contributed by atoms with Gasteiger partial charge >= 0.3 is 19.8 Å². The van der Waals surface area contributed by atoms with E-state index >= 15 is 0 Å². The number of hydrogen-bond acceptors (Lipinski definition) is 7. The lowest BCUT2D eigenvalue weighted by molar-refractivity contribution is -0.161. The van der Waals surface area contributed by atoms with Crippen LogP contribution in [0.3, 0.4) is 0 Å². The third-order valence-corrected chi connectivity index (χ3v) is 10.4. The molecule has 0 aromatic heterocycles. The first-order valence-electron chi connectivity index (χ1n) is 22.6. The van der Waals surface area contributed by atoms with Crippen LogP contribution in [0.5, 0.6) is 0 Å². The molecular formula is C47H83O8P. The van der Waals surface area contributed by atoms with Crippen LogP contribution in [0.4, 0.5) is 0 Å². The van der Waals surface area contributed by atoms with Crippen LogP contribution < -0.4 is 0 Å². The van der Waals surface area contributed by atoms with Gasteiger partial charge in [0.25, 0.3) is 0 Å². The summed E-state index contributed by atoms with van der Waals surface area (Å²) in [5, 5.41) is 0. The van der Waals surface area contributed by atoms with Crippen LogP contribution in [0.25, 0.3) is 0 Å². The maximum atomic E-state index is 12.6. The smallest absolute Gasteiger partial charge is 0.462 e. The number of carbonyl (C=O) groups is 2. The number of phosphoric acid groups is 1. The molecule has 0 aromatic carbocycles. The molecule has 0 aliphatic rings. The normalized spacial score (nSPS) is 13.9. The van der Waals surface area contributed by atoms with E-state index in [1.807, 2.05) is 0 Å². The summed E-state index contributed by atoms with van der Waals surface area (Å²) in [6, 6.07) is 0. The summed E-state index contributed by atoms with van der Waals surface area (Å²) in [7, 11) is -4.29. The number of phosphoric ester groups is 1. The van der Waals surface area contributed by atoms with Crippen molar-refractivity contribution in [2.45, 2.75) is 207 Å². The van der Waals surface area contributed by atoms with Crippen molar-refractivity contribution in [3.63, 3.8) is 0 Å². The maximum Gasteiger partial charge on any atom is 0.472 e. The number of unbranched alkanes of at least 4 members (excludes halogenated alkanes) is 19. The van der Waals surface area contributed by atoms with Crippen LogP contribution in [-0.2, 0) is 32.7 Å². The SMILES string of the molecule is CC/C=C\C/C=C\C/C=C\CCCCCCCCCC(=O)OC(COC(=O)CCCCCCCCCCC/C=C\C/C=C\CCCCC)COP(=O)(O)OCC.